The number of aromatic nitrogens is 3. The molecule has 0 N–H and O–H groups in total. The van der Waals surface area contributed by atoms with E-state index in [9.17, 15) is 0 Å². The van der Waals surface area contributed by atoms with Gasteiger partial charge in [-0.25, -0.2) is 4.98 Å². The maximum absolute atomic E-state index is 4.49. The minimum atomic E-state index is 1.05. The molecule has 6 aromatic carbocycles. The third-order valence-corrected chi connectivity index (χ3v) is 8.82. The molecule has 0 aliphatic rings. The predicted octanol–water partition coefficient (Wildman–Crippen LogP) is 9.64. The number of hydrogen-bond donors (Lipinski definition) is 0. The molecule has 3 nitrogen and oxygen atoms in total. The van der Waals surface area contributed by atoms with Gasteiger partial charge in [0, 0.05) is 32.9 Å². The maximum Gasteiger partial charge on any atom is 0.0813 e. The van der Waals surface area contributed by atoms with Crippen molar-refractivity contribution in [3.8, 4) is 11.4 Å². The van der Waals surface area contributed by atoms with Crippen molar-refractivity contribution in [2.45, 2.75) is 0 Å². The highest BCUT2D eigenvalue weighted by atomic mass is 32.1. The Balaban J connectivity index is 1.45. The van der Waals surface area contributed by atoms with Crippen LogP contribution in [0, 0.1) is 0 Å². The van der Waals surface area contributed by atoms with E-state index in [0.717, 1.165) is 11.2 Å². The van der Waals surface area contributed by atoms with Crippen molar-refractivity contribution in [1.29, 1.82) is 0 Å². The molecule has 4 heteroatoms. The van der Waals surface area contributed by atoms with Crippen LogP contribution in [-0.2, 0) is 0 Å². The topological polar surface area (TPSA) is 22.8 Å². The largest absolute Gasteiger partial charge is 0.309 e. The van der Waals surface area contributed by atoms with Gasteiger partial charge >= 0.3 is 0 Å². The second kappa shape index (κ2) is 7.79. The Kier molecular flexibility index (Phi) is 4.21. The Labute approximate surface area is 227 Å². The SMILES string of the molecule is c1ccc(-n2c3ccccc3c3cc4ccc5c(c4cc32)c2ccccc2n5-c2ccc3ncsc3c2)cc1. The highest BCUT2D eigenvalue weighted by molar-refractivity contribution is 7.16. The summed E-state index contributed by atoms with van der Waals surface area (Å²) in [6.45, 7) is 0. The van der Waals surface area contributed by atoms with Crippen molar-refractivity contribution in [1.82, 2.24) is 14.1 Å². The van der Waals surface area contributed by atoms with Gasteiger partial charge in [-0.1, -0.05) is 60.7 Å². The van der Waals surface area contributed by atoms with Gasteiger partial charge in [-0.2, -0.15) is 0 Å². The van der Waals surface area contributed by atoms with Crippen molar-refractivity contribution in [2.75, 3.05) is 0 Å². The number of rotatable bonds is 2. The smallest absolute Gasteiger partial charge is 0.0813 e. The van der Waals surface area contributed by atoms with E-state index in [-0.39, 0.29) is 0 Å². The summed E-state index contributed by atoms with van der Waals surface area (Å²) in [6.07, 6.45) is 0. The summed E-state index contributed by atoms with van der Waals surface area (Å²) in [6, 6.07) is 44.1. The van der Waals surface area contributed by atoms with E-state index in [4.69, 9.17) is 0 Å². The van der Waals surface area contributed by atoms with Gasteiger partial charge in [0.05, 0.1) is 37.8 Å². The molecule has 0 fully saturated rings. The van der Waals surface area contributed by atoms with Crippen LogP contribution in [0.2, 0.25) is 0 Å². The van der Waals surface area contributed by atoms with Crippen molar-refractivity contribution in [2.24, 2.45) is 0 Å². The predicted molar refractivity (Wildman–Crippen MR) is 166 cm³/mol. The standard InChI is InChI=1S/C35H21N3S/c1-2-8-23(9-3-1)37-30-12-6-4-10-25(30)28-18-22-14-17-32-35(27(22)20-33(28)37)26-11-5-7-13-31(26)38(32)24-15-16-29-34(19-24)39-21-36-29/h1-21H. The molecule has 3 heterocycles. The molecule has 0 saturated heterocycles. The third kappa shape index (κ3) is 2.89. The lowest BCUT2D eigenvalue weighted by Gasteiger charge is -2.10. The molecule has 0 unspecified atom stereocenters. The summed E-state index contributed by atoms with van der Waals surface area (Å²) >= 11 is 1.69. The molecular weight excluding hydrogens is 494 g/mol. The highest BCUT2D eigenvalue weighted by Gasteiger charge is 2.18. The van der Waals surface area contributed by atoms with Crippen LogP contribution >= 0.6 is 11.3 Å². The molecule has 0 bridgehead atoms. The molecule has 39 heavy (non-hydrogen) atoms. The number of nitrogens with zero attached hydrogens (tertiary/aromatic N) is 3. The summed E-state index contributed by atoms with van der Waals surface area (Å²) in [5.74, 6) is 0. The van der Waals surface area contributed by atoms with Crippen molar-refractivity contribution in [3.63, 3.8) is 0 Å². The second-order valence-corrected chi connectivity index (χ2v) is 11.0. The number of benzene rings is 6. The van der Waals surface area contributed by atoms with E-state index in [2.05, 4.69) is 135 Å². The van der Waals surface area contributed by atoms with Crippen LogP contribution in [-0.4, -0.2) is 14.1 Å². The molecule has 0 saturated carbocycles. The van der Waals surface area contributed by atoms with Crippen LogP contribution in [0.15, 0.2) is 127 Å². The second-order valence-electron chi connectivity index (χ2n) is 10.1. The zero-order chi connectivity index (χ0) is 25.5. The molecule has 0 radical (unpaired) electrons. The third-order valence-electron chi connectivity index (χ3n) is 8.03. The van der Waals surface area contributed by atoms with Crippen molar-refractivity contribution >= 4 is 75.9 Å². The molecule has 0 atom stereocenters. The lowest BCUT2D eigenvalue weighted by atomic mass is 10.0. The quantitative estimate of drug-likeness (QED) is 0.225. The van der Waals surface area contributed by atoms with E-state index in [1.54, 1.807) is 11.3 Å². The number of hydrogen-bond acceptors (Lipinski definition) is 2. The van der Waals surface area contributed by atoms with Crippen LogP contribution in [0.1, 0.15) is 0 Å². The van der Waals surface area contributed by atoms with Gasteiger partial charge in [-0.15, -0.1) is 11.3 Å². The number of para-hydroxylation sites is 3. The minimum absolute atomic E-state index is 1.05. The summed E-state index contributed by atoms with van der Waals surface area (Å²) in [4.78, 5) is 4.49. The van der Waals surface area contributed by atoms with Crippen LogP contribution in [0.25, 0.3) is 76.0 Å². The molecular formula is C35H21N3S. The van der Waals surface area contributed by atoms with Gasteiger partial charge in [-0.05, 0) is 71.4 Å². The first kappa shape index (κ1) is 21.1. The molecule has 0 spiro atoms. The average molecular weight is 516 g/mol. The first-order chi connectivity index (χ1) is 19.3. The van der Waals surface area contributed by atoms with Gasteiger partial charge in [0.2, 0.25) is 0 Å². The molecule has 0 aliphatic carbocycles. The lowest BCUT2D eigenvalue weighted by Crippen LogP contribution is -1.94. The molecule has 0 amide bonds. The van der Waals surface area contributed by atoms with Gasteiger partial charge in [0.1, 0.15) is 0 Å². The zero-order valence-electron chi connectivity index (χ0n) is 20.9. The maximum atomic E-state index is 4.49. The first-order valence-corrected chi connectivity index (χ1v) is 14.0. The fourth-order valence-electron chi connectivity index (χ4n) is 6.37. The van der Waals surface area contributed by atoms with E-state index >= 15 is 0 Å². The van der Waals surface area contributed by atoms with Gasteiger partial charge < -0.3 is 9.13 Å². The van der Waals surface area contributed by atoms with Gasteiger partial charge in [-0.3, -0.25) is 0 Å². The van der Waals surface area contributed by atoms with Crippen LogP contribution in [0.4, 0.5) is 0 Å². The van der Waals surface area contributed by atoms with E-state index in [0.29, 0.717) is 0 Å². The monoisotopic (exact) mass is 515 g/mol. The fourth-order valence-corrected chi connectivity index (χ4v) is 7.08. The van der Waals surface area contributed by atoms with Crippen molar-refractivity contribution < 1.29 is 0 Å². The van der Waals surface area contributed by atoms with Gasteiger partial charge in [0.25, 0.3) is 0 Å². The first-order valence-electron chi connectivity index (χ1n) is 13.1. The number of fused-ring (bicyclic) bond motifs is 9. The summed E-state index contributed by atoms with van der Waals surface area (Å²) < 4.78 is 6.01. The molecule has 9 aromatic rings. The van der Waals surface area contributed by atoms with E-state index in [1.807, 2.05) is 5.51 Å². The summed E-state index contributed by atoms with van der Waals surface area (Å²) in [5, 5.41) is 7.64. The molecule has 0 aliphatic heterocycles. The van der Waals surface area contributed by atoms with Gasteiger partial charge in [0.15, 0.2) is 0 Å². The normalized spacial score (nSPS) is 12.1. The van der Waals surface area contributed by atoms with Crippen LogP contribution in [0.3, 0.4) is 0 Å². The Bertz CT molecular complexity index is 2390. The fraction of sp³-hybridized carbons (Fsp3) is 0. The highest BCUT2D eigenvalue weighted by Crippen LogP contribution is 2.41. The minimum Gasteiger partial charge on any atom is -0.309 e. The Morgan fingerprint density at radius 3 is 2.10 bits per heavy atom. The van der Waals surface area contributed by atoms with Crippen molar-refractivity contribution in [3.05, 3.63) is 127 Å². The lowest BCUT2D eigenvalue weighted by molar-refractivity contribution is 1.18. The summed E-state index contributed by atoms with van der Waals surface area (Å²) in [7, 11) is 0. The Morgan fingerprint density at radius 1 is 0.487 bits per heavy atom. The number of thiazole rings is 1. The Hall–Kier alpha value is -4.93. The van der Waals surface area contributed by atoms with Crippen LogP contribution in [0.5, 0.6) is 0 Å². The molecule has 3 aromatic heterocycles. The van der Waals surface area contributed by atoms with E-state index in [1.165, 1.54) is 64.8 Å². The Morgan fingerprint density at radius 2 is 1.23 bits per heavy atom. The molecule has 182 valence electrons. The average Bonchev–Trinajstić information content (AvgIpc) is 3.68. The van der Waals surface area contributed by atoms with E-state index < -0.39 is 0 Å². The molecule has 9 rings (SSSR count). The van der Waals surface area contributed by atoms with Crippen LogP contribution < -0.4 is 0 Å². The zero-order valence-corrected chi connectivity index (χ0v) is 21.7. The summed E-state index contributed by atoms with van der Waals surface area (Å²) in [5.41, 5.74) is 10.2.